The Morgan fingerprint density at radius 2 is 2.13 bits per heavy atom. The number of ether oxygens (including phenoxy) is 1. The highest BCUT2D eigenvalue weighted by Crippen LogP contribution is 2.28. The van der Waals surface area contributed by atoms with Crippen molar-refractivity contribution in [2.45, 2.75) is 33.2 Å². The number of nitrogens with zero attached hydrogens (tertiary/aromatic N) is 4. The lowest BCUT2D eigenvalue weighted by molar-refractivity contribution is -0.385. The molecule has 0 amide bonds. The van der Waals surface area contributed by atoms with E-state index in [-0.39, 0.29) is 41.1 Å². The van der Waals surface area contributed by atoms with Crippen molar-refractivity contribution in [1.82, 2.24) is 14.8 Å². The van der Waals surface area contributed by atoms with Gasteiger partial charge in [-0.2, -0.15) is 5.10 Å². The van der Waals surface area contributed by atoms with Crippen LogP contribution in [0.3, 0.4) is 0 Å². The molecule has 3 heterocycles. The number of hydrogen-bond acceptors (Lipinski definition) is 8. The molecule has 0 aliphatic carbocycles. The van der Waals surface area contributed by atoms with Crippen LogP contribution in [0.5, 0.6) is 0 Å². The van der Waals surface area contributed by atoms with E-state index in [0.29, 0.717) is 12.1 Å². The minimum absolute atomic E-state index is 0.00751. The highest BCUT2D eigenvalue weighted by atomic mass is 32.2. The number of carbonyl (C=O) groups excluding carboxylic acids is 1. The molecule has 1 aliphatic rings. The Kier molecular flexibility index (Phi) is 6.01. The van der Waals surface area contributed by atoms with Gasteiger partial charge >= 0.3 is 5.97 Å². The zero-order valence-electron chi connectivity index (χ0n) is 16.9. The number of pyridine rings is 1. The van der Waals surface area contributed by atoms with Gasteiger partial charge in [0.05, 0.1) is 46.0 Å². The lowest BCUT2D eigenvalue weighted by Gasteiger charge is -2.11. The first-order chi connectivity index (χ1) is 14.1. The first kappa shape index (κ1) is 21.6. The standard InChI is InChI=1S/C19H22N4O6S/c1-4-29-19(24)17-9-15(23(25)26)10-20-18(17)6-5-16-12(2)21-22(13(16)3)14-7-8-30(27,28)11-14/h5-6,9-10,14H,4,7-8,11H2,1-3H3/b6-5-/t14-/m1/s1. The highest BCUT2D eigenvalue weighted by Gasteiger charge is 2.31. The molecule has 0 radical (unpaired) electrons. The molecule has 3 rings (SSSR count). The SMILES string of the molecule is CCOC(=O)c1cc([N+](=O)[O-])cnc1/C=C\c1c(C)nn([C@@H]2CCS(=O)(=O)C2)c1C. The number of hydrogen-bond donors (Lipinski definition) is 0. The van der Waals surface area contributed by atoms with Gasteiger partial charge in [-0.25, -0.2) is 18.2 Å². The summed E-state index contributed by atoms with van der Waals surface area (Å²) >= 11 is 0. The molecular weight excluding hydrogens is 412 g/mol. The van der Waals surface area contributed by atoms with Gasteiger partial charge in [-0.3, -0.25) is 14.8 Å². The van der Waals surface area contributed by atoms with Gasteiger partial charge in [0.2, 0.25) is 0 Å². The average Bonchev–Trinajstić information content (AvgIpc) is 3.18. The van der Waals surface area contributed by atoms with Crippen molar-refractivity contribution in [3.05, 3.63) is 50.6 Å². The fourth-order valence-corrected chi connectivity index (χ4v) is 5.16. The van der Waals surface area contributed by atoms with Crippen molar-refractivity contribution in [3.8, 4) is 0 Å². The monoisotopic (exact) mass is 434 g/mol. The fraction of sp³-hybridized carbons (Fsp3) is 0.421. The summed E-state index contributed by atoms with van der Waals surface area (Å²) in [6, 6.07) is 0.931. The third-order valence-electron chi connectivity index (χ3n) is 4.95. The molecule has 0 spiro atoms. The van der Waals surface area contributed by atoms with Gasteiger partial charge in [0.25, 0.3) is 5.69 Å². The van der Waals surface area contributed by atoms with Crippen LogP contribution in [0.25, 0.3) is 12.2 Å². The molecule has 0 unspecified atom stereocenters. The Morgan fingerprint density at radius 3 is 2.73 bits per heavy atom. The van der Waals surface area contributed by atoms with Crippen molar-refractivity contribution in [1.29, 1.82) is 0 Å². The van der Waals surface area contributed by atoms with Gasteiger partial charge in [-0.1, -0.05) is 0 Å². The third kappa shape index (κ3) is 4.40. The Labute approximate surface area is 173 Å². The summed E-state index contributed by atoms with van der Waals surface area (Å²) < 4.78 is 30.3. The smallest absolute Gasteiger partial charge is 0.340 e. The van der Waals surface area contributed by atoms with Crippen molar-refractivity contribution in [2.24, 2.45) is 0 Å². The Balaban J connectivity index is 1.96. The molecule has 2 aromatic heterocycles. The quantitative estimate of drug-likeness (QED) is 0.384. The van der Waals surface area contributed by atoms with E-state index >= 15 is 0 Å². The Bertz CT molecular complexity index is 1140. The van der Waals surface area contributed by atoms with Gasteiger partial charge in [-0.05, 0) is 39.3 Å². The van der Waals surface area contributed by atoms with Gasteiger partial charge in [0.1, 0.15) is 6.20 Å². The molecule has 1 aliphatic heterocycles. The highest BCUT2D eigenvalue weighted by molar-refractivity contribution is 7.91. The van der Waals surface area contributed by atoms with Gasteiger partial charge < -0.3 is 4.74 Å². The van der Waals surface area contributed by atoms with E-state index in [1.165, 1.54) is 0 Å². The van der Waals surface area contributed by atoms with Crippen molar-refractivity contribution < 1.29 is 22.9 Å². The topological polar surface area (TPSA) is 134 Å². The van der Waals surface area contributed by atoms with Crippen LogP contribution in [0, 0.1) is 24.0 Å². The largest absolute Gasteiger partial charge is 0.462 e. The van der Waals surface area contributed by atoms with E-state index in [4.69, 9.17) is 4.74 Å². The van der Waals surface area contributed by atoms with E-state index in [1.807, 2.05) is 13.8 Å². The van der Waals surface area contributed by atoms with Gasteiger partial charge in [0, 0.05) is 17.3 Å². The molecular formula is C19H22N4O6S. The number of sulfone groups is 1. The minimum Gasteiger partial charge on any atom is -0.462 e. The second-order valence-corrected chi connectivity index (χ2v) is 9.25. The van der Waals surface area contributed by atoms with E-state index in [1.54, 1.807) is 23.8 Å². The Morgan fingerprint density at radius 1 is 1.40 bits per heavy atom. The van der Waals surface area contributed by atoms with Crippen molar-refractivity contribution >= 4 is 33.6 Å². The number of aromatic nitrogens is 3. The molecule has 2 aromatic rings. The fourth-order valence-electron chi connectivity index (χ4n) is 3.47. The summed E-state index contributed by atoms with van der Waals surface area (Å²) in [5, 5.41) is 15.5. The summed E-state index contributed by atoms with van der Waals surface area (Å²) in [6.45, 7) is 5.42. The van der Waals surface area contributed by atoms with Gasteiger partial charge in [0.15, 0.2) is 9.84 Å². The molecule has 10 nitrogen and oxygen atoms in total. The predicted molar refractivity (Wildman–Crippen MR) is 110 cm³/mol. The number of nitro groups is 1. The molecule has 1 atom stereocenters. The molecule has 11 heteroatoms. The summed E-state index contributed by atoms with van der Waals surface area (Å²) in [4.78, 5) is 26.7. The van der Waals surface area contributed by atoms with Crippen LogP contribution < -0.4 is 0 Å². The summed E-state index contributed by atoms with van der Waals surface area (Å²) in [5.41, 5.74) is 2.19. The maximum absolute atomic E-state index is 12.2. The van der Waals surface area contributed by atoms with Crippen LogP contribution in [0.2, 0.25) is 0 Å². The van der Waals surface area contributed by atoms with E-state index in [9.17, 15) is 23.3 Å². The van der Waals surface area contributed by atoms with Crippen LogP contribution in [0.4, 0.5) is 5.69 Å². The minimum atomic E-state index is -3.05. The number of rotatable bonds is 6. The number of esters is 1. The lowest BCUT2D eigenvalue weighted by atomic mass is 10.1. The first-order valence-electron chi connectivity index (χ1n) is 9.38. The lowest BCUT2D eigenvalue weighted by Crippen LogP contribution is -2.13. The molecule has 1 saturated heterocycles. The Hall–Kier alpha value is -3.08. The molecule has 0 N–H and O–H groups in total. The van der Waals surface area contributed by atoms with E-state index < -0.39 is 20.7 Å². The van der Waals surface area contributed by atoms with Crippen LogP contribution in [0.1, 0.15) is 52.4 Å². The molecule has 0 bridgehead atoms. The molecule has 0 saturated carbocycles. The average molecular weight is 434 g/mol. The zero-order valence-corrected chi connectivity index (χ0v) is 17.7. The first-order valence-corrected chi connectivity index (χ1v) is 11.2. The predicted octanol–water partition coefficient (Wildman–Crippen LogP) is 2.51. The number of carbonyl (C=O) groups is 1. The summed E-state index contributed by atoms with van der Waals surface area (Å²) in [6.07, 6.45) is 4.89. The van der Waals surface area contributed by atoms with Crippen molar-refractivity contribution in [2.75, 3.05) is 18.1 Å². The second kappa shape index (κ2) is 8.34. The van der Waals surface area contributed by atoms with Crippen LogP contribution in [0.15, 0.2) is 12.3 Å². The van der Waals surface area contributed by atoms with Crippen LogP contribution in [-0.2, 0) is 14.6 Å². The van der Waals surface area contributed by atoms with E-state index in [0.717, 1.165) is 23.5 Å². The maximum atomic E-state index is 12.2. The molecule has 0 aromatic carbocycles. The number of aryl methyl sites for hydroxylation is 1. The summed E-state index contributed by atoms with van der Waals surface area (Å²) in [5.74, 6) is -0.486. The normalized spacial score (nSPS) is 18.0. The zero-order chi connectivity index (χ0) is 22.1. The van der Waals surface area contributed by atoms with Gasteiger partial charge in [-0.15, -0.1) is 0 Å². The van der Waals surface area contributed by atoms with Crippen LogP contribution in [-0.4, -0.2) is 52.2 Å². The molecule has 1 fully saturated rings. The van der Waals surface area contributed by atoms with Crippen molar-refractivity contribution in [3.63, 3.8) is 0 Å². The molecule has 30 heavy (non-hydrogen) atoms. The summed E-state index contributed by atoms with van der Waals surface area (Å²) in [7, 11) is -3.05. The molecule has 160 valence electrons. The van der Waals surface area contributed by atoms with E-state index in [2.05, 4.69) is 10.1 Å². The third-order valence-corrected chi connectivity index (χ3v) is 6.70. The maximum Gasteiger partial charge on any atom is 0.340 e. The second-order valence-electron chi connectivity index (χ2n) is 7.02. The van der Waals surface area contributed by atoms with Crippen LogP contribution >= 0.6 is 0 Å².